The summed E-state index contributed by atoms with van der Waals surface area (Å²) in [6.07, 6.45) is 3.86. The minimum absolute atomic E-state index is 0.0563. The number of nitro benzene ring substituents is 1. The topological polar surface area (TPSA) is 101 Å². The van der Waals surface area contributed by atoms with Crippen molar-refractivity contribution in [3.05, 3.63) is 51.6 Å². The van der Waals surface area contributed by atoms with Gasteiger partial charge in [0.15, 0.2) is 0 Å². The maximum absolute atomic E-state index is 12.3. The molecular formula is C15H18ClN3O4S. The third-order valence-electron chi connectivity index (χ3n) is 3.06. The zero-order chi connectivity index (χ0) is 18.1. The maximum atomic E-state index is 12.3. The molecule has 24 heavy (non-hydrogen) atoms. The van der Waals surface area contributed by atoms with Gasteiger partial charge in [-0.25, -0.2) is 0 Å². The van der Waals surface area contributed by atoms with E-state index in [0.717, 1.165) is 6.07 Å². The molecule has 0 bridgehead atoms. The summed E-state index contributed by atoms with van der Waals surface area (Å²) in [5, 5.41) is 16.1. The number of hydrogen-bond acceptors (Lipinski definition) is 5. The van der Waals surface area contributed by atoms with Crippen molar-refractivity contribution in [2.45, 2.75) is 12.5 Å². The highest BCUT2D eigenvalue weighted by Gasteiger charge is 2.22. The largest absolute Gasteiger partial charge is 0.351 e. The highest BCUT2D eigenvalue weighted by Crippen LogP contribution is 2.25. The van der Waals surface area contributed by atoms with E-state index in [1.807, 2.05) is 6.26 Å². The fourth-order valence-electron chi connectivity index (χ4n) is 1.84. The summed E-state index contributed by atoms with van der Waals surface area (Å²) in [5.41, 5.74) is -0.294. The van der Waals surface area contributed by atoms with Gasteiger partial charge in [-0.2, -0.15) is 11.8 Å². The average molecular weight is 372 g/mol. The van der Waals surface area contributed by atoms with Crippen LogP contribution in [0.4, 0.5) is 5.69 Å². The summed E-state index contributed by atoms with van der Waals surface area (Å²) in [7, 11) is 0. The molecule has 7 nitrogen and oxygen atoms in total. The Morgan fingerprint density at radius 1 is 1.50 bits per heavy atom. The Morgan fingerprint density at radius 2 is 2.21 bits per heavy atom. The van der Waals surface area contributed by atoms with E-state index in [1.165, 1.54) is 18.2 Å². The molecule has 0 aliphatic rings. The van der Waals surface area contributed by atoms with E-state index >= 15 is 0 Å². The van der Waals surface area contributed by atoms with Crippen LogP contribution in [-0.4, -0.2) is 41.3 Å². The van der Waals surface area contributed by atoms with Gasteiger partial charge < -0.3 is 10.6 Å². The van der Waals surface area contributed by atoms with Crippen molar-refractivity contribution < 1.29 is 14.5 Å². The summed E-state index contributed by atoms with van der Waals surface area (Å²) < 4.78 is 0. The van der Waals surface area contributed by atoms with E-state index in [1.54, 1.807) is 11.8 Å². The standard InChI is InChI=1S/C15H18ClN3O4S/c1-3-7-17-15(21)12(6-8-24-2)18-14(20)10-4-5-11(16)13(9-10)19(22)23/h3-5,9,12H,1,6-8H2,2H3,(H,17,21)(H,18,20)/t12-/m0/s1. The molecule has 2 amide bonds. The summed E-state index contributed by atoms with van der Waals surface area (Å²) in [5.74, 6) is -0.233. The second-order valence-electron chi connectivity index (χ2n) is 4.76. The van der Waals surface area contributed by atoms with Gasteiger partial charge in [0.1, 0.15) is 11.1 Å². The van der Waals surface area contributed by atoms with Crippen LogP contribution < -0.4 is 10.6 Å². The number of halogens is 1. The maximum Gasteiger partial charge on any atom is 0.288 e. The predicted molar refractivity (Wildman–Crippen MR) is 95.6 cm³/mol. The van der Waals surface area contributed by atoms with Gasteiger partial charge in [0.25, 0.3) is 11.6 Å². The molecule has 1 rings (SSSR count). The lowest BCUT2D eigenvalue weighted by Gasteiger charge is -2.17. The number of nitrogens with zero attached hydrogens (tertiary/aromatic N) is 1. The van der Waals surface area contributed by atoms with Crippen LogP contribution in [0, 0.1) is 10.1 Å². The molecule has 0 saturated heterocycles. The number of carbonyl (C=O) groups is 2. The summed E-state index contributed by atoms with van der Waals surface area (Å²) in [4.78, 5) is 34.6. The number of carbonyl (C=O) groups excluding carboxylic acids is 2. The zero-order valence-corrected chi connectivity index (χ0v) is 14.7. The number of thioether (sulfide) groups is 1. The van der Waals surface area contributed by atoms with Crippen molar-refractivity contribution in [3.63, 3.8) is 0 Å². The van der Waals surface area contributed by atoms with Crippen LogP contribution >= 0.6 is 23.4 Å². The van der Waals surface area contributed by atoms with Crippen molar-refractivity contribution in [2.24, 2.45) is 0 Å². The Morgan fingerprint density at radius 3 is 2.79 bits per heavy atom. The number of rotatable bonds is 9. The molecule has 1 aromatic rings. The average Bonchev–Trinajstić information content (AvgIpc) is 2.56. The van der Waals surface area contributed by atoms with E-state index < -0.39 is 16.9 Å². The quantitative estimate of drug-likeness (QED) is 0.394. The van der Waals surface area contributed by atoms with Gasteiger partial charge in [0.2, 0.25) is 5.91 Å². The number of benzene rings is 1. The predicted octanol–water partition coefficient (Wildman–Crippen LogP) is 2.40. The van der Waals surface area contributed by atoms with Crippen LogP contribution in [0.15, 0.2) is 30.9 Å². The van der Waals surface area contributed by atoms with Crippen molar-refractivity contribution in [2.75, 3.05) is 18.6 Å². The van der Waals surface area contributed by atoms with Crippen LogP contribution in [-0.2, 0) is 4.79 Å². The first-order valence-electron chi connectivity index (χ1n) is 7.03. The molecule has 0 aromatic heterocycles. The third-order valence-corrected chi connectivity index (χ3v) is 4.02. The van der Waals surface area contributed by atoms with E-state index in [9.17, 15) is 19.7 Å². The molecular weight excluding hydrogens is 354 g/mol. The van der Waals surface area contributed by atoms with Crippen molar-refractivity contribution >= 4 is 40.9 Å². The molecule has 0 aliphatic carbocycles. The number of nitro groups is 1. The molecule has 130 valence electrons. The Balaban J connectivity index is 2.90. The van der Waals surface area contributed by atoms with Crippen molar-refractivity contribution in [1.29, 1.82) is 0 Å². The summed E-state index contributed by atoms with van der Waals surface area (Å²) in [6, 6.07) is 3.01. The normalized spacial score (nSPS) is 11.4. The number of nitrogens with one attached hydrogen (secondary N) is 2. The van der Waals surface area contributed by atoms with Crippen LogP contribution in [0.5, 0.6) is 0 Å². The number of amides is 2. The van der Waals surface area contributed by atoms with Crippen LogP contribution in [0.25, 0.3) is 0 Å². The fraction of sp³-hybridized carbons (Fsp3) is 0.333. The molecule has 0 saturated carbocycles. The van der Waals surface area contributed by atoms with E-state index in [-0.39, 0.29) is 28.7 Å². The smallest absolute Gasteiger partial charge is 0.288 e. The van der Waals surface area contributed by atoms with Crippen LogP contribution in [0.1, 0.15) is 16.8 Å². The van der Waals surface area contributed by atoms with Gasteiger partial charge in [-0.05, 0) is 30.6 Å². The number of hydrogen-bond donors (Lipinski definition) is 2. The Kier molecular flexibility index (Phi) is 8.28. The van der Waals surface area contributed by atoms with Crippen LogP contribution in [0.2, 0.25) is 5.02 Å². The van der Waals surface area contributed by atoms with E-state index in [0.29, 0.717) is 12.2 Å². The fourth-order valence-corrected chi connectivity index (χ4v) is 2.49. The van der Waals surface area contributed by atoms with Crippen molar-refractivity contribution in [1.82, 2.24) is 10.6 Å². The molecule has 0 heterocycles. The Bertz CT molecular complexity index is 639. The molecule has 0 radical (unpaired) electrons. The third kappa shape index (κ3) is 5.86. The minimum atomic E-state index is -0.736. The monoisotopic (exact) mass is 371 g/mol. The Hall–Kier alpha value is -2.06. The molecule has 9 heteroatoms. The second-order valence-corrected chi connectivity index (χ2v) is 6.16. The lowest BCUT2D eigenvalue weighted by molar-refractivity contribution is -0.384. The van der Waals surface area contributed by atoms with Gasteiger partial charge in [0, 0.05) is 18.2 Å². The molecule has 0 spiro atoms. The van der Waals surface area contributed by atoms with Gasteiger partial charge >= 0.3 is 0 Å². The van der Waals surface area contributed by atoms with E-state index in [4.69, 9.17) is 11.6 Å². The molecule has 1 atom stereocenters. The zero-order valence-electron chi connectivity index (χ0n) is 13.1. The molecule has 0 aliphatic heterocycles. The highest BCUT2D eigenvalue weighted by molar-refractivity contribution is 7.98. The lowest BCUT2D eigenvalue weighted by atomic mass is 10.1. The second kappa shape index (κ2) is 9.94. The minimum Gasteiger partial charge on any atom is -0.351 e. The first-order chi connectivity index (χ1) is 11.4. The van der Waals surface area contributed by atoms with Gasteiger partial charge in [-0.15, -0.1) is 6.58 Å². The summed E-state index contributed by atoms with van der Waals surface area (Å²) >= 11 is 7.27. The SMILES string of the molecule is C=CCNC(=O)[C@H](CCSC)NC(=O)c1ccc(Cl)c([N+](=O)[O-])c1. The lowest BCUT2D eigenvalue weighted by Crippen LogP contribution is -2.47. The molecule has 0 fully saturated rings. The van der Waals surface area contributed by atoms with Gasteiger partial charge in [0.05, 0.1) is 4.92 Å². The highest BCUT2D eigenvalue weighted by atomic mass is 35.5. The van der Waals surface area contributed by atoms with E-state index in [2.05, 4.69) is 17.2 Å². The molecule has 1 aromatic carbocycles. The molecule has 2 N–H and O–H groups in total. The van der Waals surface area contributed by atoms with Gasteiger partial charge in [-0.1, -0.05) is 17.7 Å². The first kappa shape index (κ1) is 20.0. The Labute approximate surface area is 149 Å². The van der Waals surface area contributed by atoms with Crippen molar-refractivity contribution in [3.8, 4) is 0 Å². The summed E-state index contributed by atoms with van der Waals surface area (Å²) in [6.45, 7) is 3.80. The van der Waals surface area contributed by atoms with Gasteiger partial charge in [-0.3, -0.25) is 19.7 Å². The molecule has 0 unspecified atom stereocenters. The first-order valence-corrected chi connectivity index (χ1v) is 8.80. The van der Waals surface area contributed by atoms with Crippen LogP contribution in [0.3, 0.4) is 0 Å².